The lowest BCUT2D eigenvalue weighted by Gasteiger charge is -2.07. The number of hydrogen-bond acceptors (Lipinski definition) is 3. The van der Waals surface area contributed by atoms with Crippen LogP contribution in [0.5, 0.6) is 0 Å². The molecule has 0 heterocycles. The Balaban J connectivity index is 1.85. The topological polar surface area (TPSA) is 61.7 Å². The Hall–Kier alpha value is -3.14. The molecule has 0 saturated carbocycles. The first-order chi connectivity index (χ1) is 11.1. The number of carboxylic acids is 1. The van der Waals surface area contributed by atoms with E-state index in [0.717, 1.165) is 22.3 Å². The van der Waals surface area contributed by atoms with Gasteiger partial charge in [0.05, 0.1) is 17.0 Å². The molecule has 0 aliphatic carbocycles. The maximum absolute atomic E-state index is 10.8. The first kappa shape index (κ1) is 14.8. The SMILES string of the molecule is C/C(=N/Nc1ccc(C(=O)O)cc1)c1cccc2ccccc12. The van der Waals surface area contributed by atoms with Gasteiger partial charge >= 0.3 is 5.97 Å². The highest BCUT2D eigenvalue weighted by atomic mass is 16.4. The normalized spacial score (nSPS) is 11.4. The monoisotopic (exact) mass is 304 g/mol. The number of aromatic carboxylic acids is 1. The van der Waals surface area contributed by atoms with Gasteiger partial charge in [-0.05, 0) is 42.0 Å². The molecule has 4 heteroatoms. The fourth-order valence-electron chi connectivity index (χ4n) is 2.44. The molecule has 114 valence electrons. The number of benzene rings is 3. The smallest absolute Gasteiger partial charge is 0.335 e. The molecule has 23 heavy (non-hydrogen) atoms. The fraction of sp³-hybridized carbons (Fsp3) is 0.0526. The predicted molar refractivity (Wildman–Crippen MR) is 93.2 cm³/mol. The van der Waals surface area contributed by atoms with Crippen LogP contribution in [-0.4, -0.2) is 16.8 Å². The Morgan fingerprint density at radius 1 is 0.957 bits per heavy atom. The van der Waals surface area contributed by atoms with Crippen molar-refractivity contribution in [3.05, 3.63) is 77.9 Å². The van der Waals surface area contributed by atoms with Gasteiger partial charge in [0.2, 0.25) is 0 Å². The third-order valence-corrected chi connectivity index (χ3v) is 3.66. The molecule has 0 amide bonds. The average Bonchev–Trinajstić information content (AvgIpc) is 2.59. The van der Waals surface area contributed by atoms with Crippen molar-refractivity contribution in [3.8, 4) is 0 Å². The van der Waals surface area contributed by atoms with Gasteiger partial charge in [0.25, 0.3) is 0 Å². The molecule has 0 aliphatic rings. The summed E-state index contributed by atoms with van der Waals surface area (Å²) in [6.07, 6.45) is 0. The number of anilines is 1. The third kappa shape index (κ3) is 3.21. The van der Waals surface area contributed by atoms with E-state index in [4.69, 9.17) is 5.11 Å². The van der Waals surface area contributed by atoms with Crippen LogP contribution in [0.15, 0.2) is 71.8 Å². The molecular weight excluding hydrogens is 288 g/mol. The number of carboxylic acid groups (broad SMARTS) is 1. The molecule has 3 aromatic carbocycles. The minimum Gasteiger partial charge on any atom is -0.478 e. The lowest BCUT2D eigenvalue weighted by atomic mass is 10.0. The van der Waals surface area contributed by atoms with Gasteiger partial charge in [-0.2, -0.15) is 5.10 Å². The molecule has 0 saturated heterocycles. The molecule has 0 aliphatic heterocycles. The minimum absolute atomic E-state index is 0.255. The first-order valence-corrected chi connectivity index (χ1v) is 7.27. The molecule has 0 unspecified atom stereocenters. The number of rotatable bonds is 4. The van der Waals surface area contributed by atoms with Crippen LogP contribution in [-0.2, 0) is 0 Å². The average molecular weight is 304 g/mol. The summed E-state index contributed by atoms with van der Waals surface area (Å²) in [4.78, 5) is 10.8. The Morgan fingerprint density at radius 2 is 1.65 bits per heavy atom. The molecule has 0 fully saturated rings. The van der Waals surface area contributed by atoms with E-state index in [0.29, 0.717) is 0 Å². The number of hydrogen-bond donors (Lipinski definition) is 2. The molecule has 0 aromatic heterocycles. The Labute approximate surface area is 134 Å². The summed E-state index contributed by atoms with van der Waals surface area (Å²) in [6.45, 7) is 1.94. The van der Waals surface area contributed by atoms with Crippen molar-refractivity contribution in [3.63, 3.8) is 0 Å². The van der Waals surface area contributed by atoms with Crippen molar-refractivity contribution < 1.29 is 9.90 Å². The predicted octanol–water partition coefficient (Wildman–Crippen LogP) is 4.37. The summed E-state index contributed by atoms with van der Waals surface area (Å²) in [5, 5.41) is 15.6. The zero-order valence-electron chi connectivity index (χ0n) is 12.7. The molecule has 2 N–H and O–H groups in total. The van der Waals surface area contributed by atoms with E-state index in [2.05, 4.69) is 28.7 Å². The van der Waals surface area contributed by atoms with Gasteiger partial charge in [-0.3, -0.25) is 5.43 Å². The molecule has 0 atom stereocenters. The van der Waals surface area contributed by atoms with Crippen LogP contribution in [0, 0.1) is 0 Å². The van der Waals surface area contributed by atoms with E-state index in [1.807, 2.05) is 31.2 Å². The van der Waals surface area contributed by atoms with Crippen molar-refractivity contribution in [2.24, 2.45) is 5.10 Å². The van der Waals surface area contributed by atoms with Crippen molar-refractivity contribution in [1.82, 2.24) is 0 Å². The van der Waals surface area contributed by atoms with Gasteiger partial charge in [-0.1, -0.05) is 42.5 Å². The third-order valence-electron chi connectivity index (χ3n) is 3.66. The number of hydrazone groups is 1. The number of nitrogens with one attached hydrogen (secondary N) is 1. The van der Waals surface area contributed by atoms with Gasteiger partial charge in [-0.15, -0.1) is 0 Å². The highest BCUT2D eigenvalue weighted by Gasteiger charge is 2.04. The van der Waals surface area contributed by atoms with E-state index in [1.54, 1.807) is 24.3 Å². The van der Waals surface area contributed by atoms with Crippen LogP contribution < -0.4 is 5.43 Å². The second-order valence-corrected chi connectivity index (χ2v) is 5.22. The van der Waals surface area contributed by atoms with Crippen molar-refractivity contribution in [1.29, 1.82) is 0 Å². The molecule has 3 aromatic rings. The lowest BCUT2D eigenvalue weighted by molar-refractivity contribution is 0.0697. The maximum atomic E-state index is 10.8. The highest BCUT2D eigenvalue weighted by Crippen LogP contribution is 2.19. The minimum atomic E-state index is -0.938. The fourth-order valence-corrected chi connectivity index (χ4v) is 2.44. The first-order valence-electron chi connectivity index (χ1n) is 7.27. The van der Waals surface area contributed by atoms with E-state index in [9.17, 15) is 4.79 Å². The summed E-state index contributed by atoms with van der Waals surface area (Å²) in [5.41, 5.74) is 5.90. The standard InChI is InChI=1S/C19H16N2O2/c1-13(17-8-4-6-14-5-2-3-7-18(14)17)20-21-16-11-9-15(10-12-16)19(22)23/h2-12,21H,1H3,(H,22,23)/b20-13-. The Morgan fingerprint density at radius 3 is 2.39 bits per heavy atom. The summed E-state index contributed by atoms with van der Waals surface area (Å²) in [6, 6.07) is 20.8. The summed E-state index contributed by atoms with van der Waals surface area (Å²) < 4.78 is 0. The van der Waals surface area contributed by atoms with Crippen LogP contribution in [0.25, 0.3) is 10.8 Å². The van der Waals surface area contributed by atoms with Gasteiger partial charge in [-0.25, -0.2) is 4.79 Å². The second kappa shape index (κ2) is 6.32. The lowest BCUT2D eigenvalue weighted by Crippen LogP contribution is -2.01. The van der Waals surface area contributed by atoms with Crippen molar-refractivity contribution in [2.45, 2.75) is 6.92 Å². The van der Waals surface area contributed by atoms with Crippen LogP contribution in [0.1, 0.15) is 22.8 Å². The summed E-state index contributed by atoms with van der Waals surface area (Å²) in [7, 11) is 0. The van der Waals surface area contributed by atoms with Gasteiger partial charge in [0.1, 0.15) is 0 Å². The zero-order chi connectivity index (χ0) is 16.2. The number of fused-ring (bicyclic) bond motifs is 1. The van der Waals surface area contributed by atoms with Gasteiger partial charge in [0, 0.05) is 5.56 Å². The number of carbonyl (C=O) groups is 1. The van der Waals surface area contributed by atoms with Crippen LogP contribution >= 0.6 is 0 Å². The van der Waals surface area contributed by atoms with Crippen LogP contribution in [0.3, 0.4) is 0 Å². The van der Waals surface area contributed by atoms with Crippen molar-refractivity contribution in [2.75, 3.05) is 5.43 Å². The molecule has 4 nitrogen and oxygen atoms in total. The van der Waals surface area contributed by atoms with E-state index < -0.39 is 5.97 Å². The van der Waals surface area contributed by atoms with E-state index in [-0.39, 0.29) is 5.56 Å². The quantitative estimate of drug-likeness (QED) is 0.555. The van der Waals surface area contributed by atoms with Crippen LogP contribution in [0.4, 0.5) is 5.69 Å². The summed E-state index contributed by atoms with van der Waals surface area (Å²) >= 11 is 0. The van der Waals surface area contributed by atoms with Gasteiger partial charge < -0.3 is 5.11 Å². The largest absolute Gasteiger partial charge is 0.478 e. The van der Waals surface area contributed by atoms with Crippen LogP contribution in [0.2, 0.25) is 0 Å². The van der Waals surface area contributed by atoms with E-state index in [1.165, 1.54) is 5.39 Å². The second-order valence-electron chi connectivity index (χ2n) is 5.22. The molecule has 3 rings (SSSR count). The van der Waals surface area contributed by atoms with E-state index >= 15 is 0 Å². The zero-order valence-corrected chi connectivity index (χ0v) is 12.7. The highest BCUT2D eigenvalue weighted by molar-refractivity contribution is 6.09. The Bertz CT molecular complexity index is 878. The molecule has 0 bridgehead atoms. The Kier molecular flexibility index (Phi) is 4.06. The molecule has 0 spiro atoms. The molecular formula is C19H16N2O2. The summed E-state index contributed by atoms with van der Waals surface area (Å²) in [5.74, 6) is -0.938. The number of nitrogens with zero attached hydrogens (tertiary/aromatic N) is 1. The molecule has 0 radical (unpaired) electrons. The van der Waals surface area contributed by atoms with Gasteiger partial charge in [0.15, 0.2) is 0 Å². The maximum Gasteiger partial charge on any atom is 0.335 e. The van der Waals surface area contributed by atoms with Crippen molar-refractivity contribution >= 4 is 28.1 Å².